The highest BCUT2D eigenvalue weighted by atomic mass is 35.5. The number of hydrogen-bond donors (Lipinski definition) is 1. The second-order valence-corrected chi connectivity index (χ2v) is 11.5. The molecule has 7 nitrogen and oxygen atoms in total. The summed E-state index contributed by atoms with van der Waals surface area (Å²) in [6.45, 7) is 2.85. The predicted molar refractivity (Wildman–Crippen MR) is 161 cm³/mol. The third-order valence-corrected chi connectivity index (χ3v) is 8.73. The molecule has 8 heteroatoms. The van der Waals surface area contributed by atoms with E-state index in [2.05, 4.69) is 50.3 Å². The number of rotatable bonds is 8. The van der Waals surface area contributed by atoms with E-state index in [1.807, 2.05) is 29.2 Å². The lowest BCUT2D eigenvalue weighted by Gasteiger charge is -2.30. The number of carbonyl (C=O) groups is 2. The number of pyridine rings is 1. The molecule has 2 aliphatic heterocycles. The molecular weight excluding hydrogens is 534 g/mol. The second-order valence-electron chi connectivity index (χ2n) is 11.2. The first-order valence-corrected chi connectivity index (χ1v) is 14.4. The summed E-state index contributed by atoms with van der Waals surface area (Å²) in [5, 5.41) is 8.85. The second kappa shape index (κ2) is 11.5. The van der Waals surface area contributed by atoms with Crippen LogP contribution in [-0.4, -0.2) is 69.4 Å². The van der Waals surface area contributed by atoms with Gasteiger partial charge in [0, 0.05) is 49.6 Å². The Morgan fingerprint density at radius 2 is 2.07 bits per heavy atom. The normalized spacial score (nSPS) is 20.7. The molecule has 3 aromatic rings. The summed E-state index contributed by atoms with van der Waals surface area (Å²) < 4.78 is 0. The van der Waals surface area contributed by atoms with Gasteiger partial charge in [-0.2, -0.15) is 5.10 Å². The Hall–Kier alpha value is -3.99. The van der Waals surface area contributed by atoms with Gasteiger partial charge in [0.15, 0.2) is 0 Å². The zero-order valence-corrected chi connectivity index (χ0v) is 23.7. The van der Waals surface area contributed by atoms with Crippen molar-refractivity contribution >= 4 is 34.2 Å². The minimum atomic E-state index is -0.655. The van der Waals surface area contributed by atoms with Gasteiger partial charge >= 0.3 is 0 Å². The monoisotopic (exact) mass is 565 g/mol. The number of ketones is 1. The molecule has 1 fully saturated rings. The van der Waals surface area contributed by atoms with Gasteiger partial charge in [-0.25, -0.2) is 4.98 Å². The Kier molecular flexibility index (Phi) is 7.61. The van der Waals surface area contributed by atoms with Crippen LogP contribution in [0.25, 0.3) is 22.2 Å². The van der Waals surface area contributed by atoms with Gasteiger partial charge in [-0.1, -0.05) is 42.0 Å². The molecule has 0 radical (unpaired) electrons. The number of allylic oxidation sites excluding steroid dienone is 4. The zero-order chi connectivity index (χ0) is 28.4. The number of fused-ring (bicyclic) bond motifs is 1. The highest BCUT2D eigenvalue weighted by molar-refractivity contribution is 6.29. The fourth-order valence-electron chi connectivity index (χ4n) is 6.22. The summed E-state index contributed by atoms with van der Waals surface area (Å²) in [5.74, 6) is 2.97. The Balaban J connectivity index is 1.12. The average Bonchev–Trinajstić information content (AvgIpc) is 3.74. The number of halogens is 1. The van der Waals surface area contributed by atoms with E-state index in [1.54, 1.807) is 12.3 Å². The van der Waals surface area contributed by atoms with Crippen LogP contribution in [0.1, 0.15) is 31.2 Å². The number of nitrogens with one attached hydrogen (secondary N) is 1. The van der Waals surface area contributed by atoms with E-state index in [1.165, 1.54) is 11.1 Å². The Morgan fingerprint density at radius 1 is 1.17 bits per heavy atom. The van der Waals surface area contributed by atoms with Crippen LogP contribution in [-0.2, 0) is 16.0 Å². The molecule has 3 aliphatic rings. The lowest BCUT2D eigenvalue weighted by atomic mass is 9.77. The third-order valence-electron chi connectivity index (χ3n) is 8.52. The maximum absolute atomic E-state index is 13.8. The first kappa shape index (κ1) is 27.2. The summed E-state index contributed by atoms with van der Waals surface area (Å²) in [6, 6.07) is 9.55. The highest BCUT2D eigenvalue weighted by Crippen LogP contribution is 2.37. The van der Waals surface area contributed by atoms with Crippen molar-refractivity contribution in [2.75, 3.05) is 32.7 Å². The van der Waals surface area contributed by atoms with Crippen molar-refractivity contribution in [3.8, 4) is 23.6 Å². The van der Waals surface area contributed by atoms with Crippen molar-refractivity contribution in [3.05, 3.63) is 82.7 Å². The highest BCUT2D eigenvalue weighted by Gasteiger charge is 2.44. The molecule has 0 spiro atoms. The summed E-state index contributed by atoms with van der Waals surface area (Å²) in [6.07, 6.45) is 19.3. The number of nitrogens with zero attached hydrogens (tertiary/aromatic N) is 4. The van der Waals surface area contributed by atoms with Crippen molar-refractivity contribution in [3.63, 3.8) is 0 Å². The molecule has 1 atom stereocenters. The quantitative estimate of drug-likeness (QED) is 0.302. The van der Waals surface area contributed by atoms with Crippen molar-refractivity contribution in [1.29, 1.82) is 0 Å². The van der Waals surface area contributed by atoms with Gasteiger partial charge in [0.2, 0.25) is 5.91 Å². The summed E-state index contributed by atoms with van der Waals surface area (Å²) in [7, 11) is 0. The number of aromatic amines is 1. The van der Waals surface area contributed by atoms with Gasteiger partial charge in [-0.05, 0) is 66.8 Å². The fourth-order valence-corrected chi connectivity index (χ4v) is 6.39. The molecule has 1 amide bonds. The van der Waals surface area contributed by atoms with E-state index in [4.69, 9.17) is 18.0 Å². The van der Waals surface area contributed by atoms with Crippen LogP contribution >= 0.6 is 11.6 Å². The number of amides is 1. The van der Waals surface area contributed by atoms with Crippen LogP contribution in [0.5, 0.6) is 0 Å². The van der Waals surface area contributed by atoms with E-state index < -0.39 is 5.41 Å². The maximum atomic E-state index is 13.8. The van der Waals surface area contributed by atoms with Crippen molar-refractivity contribution in [2.45, 2.75) is 32.1 Å². The van der Waals surface area contributed by atoms with Crippen LogP contribution in [0, 0.1) is 17.8 Å². The van der Waals surface area contributed by atoms with E-state index in [-0.39, 0.29) is 18.1 Å². The van der Waals surface area contributed by atoms with E-state index in [0.29, 0.717) is 44.2 Å². The minimum Gasteiger partial charge on any atom is -0.338 e. The average molecular weight is 566 g/mol. The van der Waals surface area contributed by atoms with Crippen LogP contribution in [0.15, 0.2) is 72.0 Å². The summed E-state index contributed by atoms with van der Waals surface area (Å²) in [5.41, 5.74) is 5.36. The van der Waals surface area contributed by atoms with Gasteiger partial charge < -0.3 is 4.90 Å². The molecule has 1 unspecified atom stereocenters. The number of aromatic nitrogens is 3. The number of likely N-dealkylation sites (tertiary alicyclic amines) is 1. The van der Waals surface area contributed by atoms with Crippen molar-refractivity contribution in [2.24, 2.45) is 5.41 Å². The molecule has 1 aliphatic carbocycles. The first-order valence-electron chi connectivity index (χ1n) is 14.1. The molecule has 6 rings (SSSR count). The molecular formula is C33H32ClN5O2. The van der Waals surface area contributed by atoms with E-state index >= 15 is 0 Å². The third kappa shape index (κ3) is 5.63. The lowest BCUT2D eigenvalue weighted by Crippen LogP contribution is -2.43. The number of carbonyl (C=O) groups excluding carboxylic acids is 2. The molecule has 0 saturated carbocycles. The fraction of sp³-hybridized carbons (Fsp3) is 0.333. The Labute approximate surface area is 245 Å². The number of benzene rings is 1. The van der Waals surface area contributed by atoms with Crippen LogP contribution in [0.3, 0.4) is 0 Å². The molecule has 0 bridgehead atoms. The van der Waals surface area contributed by atoms with Crippen molar-refractivity contribution < 1.29 is 9.59 Å². The molecule has 1 aromatic carbocycles. The molecule has 4 heterocycles. The van der Waals surface area contributed by atoms with Crippen LogP contribution in [0.4, 0.5) is 0 Å². The topological polar surface area (TPSA) is 82.2 Å². The number of hydrogen-bond acceptors (Lipinski definition) is 5. The number of H-pyrrole nitrogens is 1. The Bertz CT molecular complexity index is 1640. The molecule has 208 valence electrons. The minimum absolute atomic E-state index is 0.106. The standard InChI is InChI=1S/C33H32ClN5O2/c1-2-12-33(13-17-38(22-33)21-31(41)39-15-10-25(11-16-39)24-5-3-4-6-24)29(40)19-23-7-8-28-27(18-23)32(37-36-28)26-9-14-35-30(34)20-26/h1,3,5-10,14,18,20H,4,11-13,15-17,19,21-22H2,(H,36,37). The molecule has 1 N–H and O–H groups in total. The zero-order valence-electron chi connectivity index (χ0n) is 22.9. The SMILES string of the molecule is C#CCC1(C(=O)Cc2ccc3[nH]nc(-c4ccnc(Cl)c4)c3c2)CCN(CC(=O)N2CC=C(C3=CCC=C3)CC2)C1. The molecule has 41 heavy (non-hydrogen) atoms. The van der Waals surface area contributed by atoms with Gasteiger partial charge in [0.25, 0.3) is 0 Å². The predicted octanol–water partition coefficient (Wildman–Crippen LogP) is 5.15. The molecule has 1 saturated heterocycles. The van der Waals surface area contributed by atoms with Crippen molar-refractivity contribution in [1.82, 2.24) is 25.0 Å². The Morgan fingerprint density at radius 3 is 2.83 bits per heavy atom. The van der Waals surface area contributed by atoms with Gasteiger partial charge in [-0.15, -0.1) is 12.3 Å². The first-order chi connectivity index (χ1) is 19.9. The van der Waals surface area contributed by atoms with E-state index in [0.717, 1.165) is 47.1 Å². The number of terminal acetylenes is 1. The van der Waals surface area contributed by atoms with Gasteiger partial charge in [-0.3, -0.25) is 19.6 Å². The molecule has 2 aromatic heterocycles. The smallest absolute Gasteiger partial charge is 0.237 e. The van der Waals surface area contributed by atoms with Gasteiger partial charge in [0.05, 0.1) is 17.5 Å². The van der Waals surface area contributed by atoms with Gasteiger partial charge in [0.1, 0.15) is 16.6 Å². The van der Waals surface area contributed by atoms with E-state index in [9.17, 15) is 9.59 Å². The summed E-state index contributed by atoms with van der Waals surface area (Å²) >= 11 is 6.10. The largest absolute Gasteiger partial charge is 0.338 e. The van der Waals surface area contributed by atoms with Crippen LogP contribution < -0.4 is 0 Å². The summed E-state index contributed by atoms with van der Waals surface area (Å²) in [4.78, 5) is 35.0. The maximum Gasteiger partial charge on any atom is 0.237 e. The number of Topliss-reactive ketones (excluding diaryl/α,β-unsaturated/α-hetero) is 1. The lowest BCUT2D eigenvalue weighted by molar-refractivity contribution is -0.133. The van der Waals surface area contributed by atoms with Crippen LogP contribution in [0.2, 0.25) is 5.15 Å².